The van der Waals surface area contributed by atoms with E-state index in [0.717, 1.165) is 12.1 Å². The average molecular weight is 293 g/mol. The van der Waals surface area contributed by atoms with E-state index in [2.05, 4.69) is 0 Å². The summed E-state index contributed by atoms with van der Waals surface area (Å²) in [7, 11) is 0. The first kappa shape index (κ1) is 16.3. The van der Waals surface area contributed by atoms with Gasteiger partial charge in [-0.3, -0.25) is 0 Å². The number of rotatable bonds is 6. The molecule has 0 aliphatic rings. The van der Waals surface area contributed by atoms with E-state index in [-0.39, 0.29) is 11.9 Å². The zero-order valence-corrected chi connectivity index (χ0v) is 11.5. The second-order valence-corrected chi connectivity index (χ2v) is 5.86. The fourth-order valence-electron chi connectivity index (χ4n) is 1.57. The molecule has 3 N–H and O–H groups in total. The number of hydrogen-bond donors (Lipinski definition) is 2. The van der Waals surface area contributed by atoms with Gasteiger partial charge in [0.05, 0.1) is 5.56 Å². The van der Waals surface area contributed by atoms with Crippen LogP contribution in [0.5, 0.6) is 0 Å². The number of hydrogen-bond acceptors (Lipinski definition) is 3. The van der Waals surface area contributed by atoms with Crippen LogP contribution >= 0.6 is 11.8 Å². The summed E-state index contributed by atoms with van der Waals surface area (Å²) in [6.07, 6.45) is -3.69. The van der Waals surface area contributed by atoms with Crippen LogP contribution in [-0.4, -0.2) is 22.7 Å². The highest BCUT2D eigenvalue weighted by atomic mass is 32.2. The Hall–Kier alpha value is -0.720. The van der Waals surface area contributed by atoms with Crippen LogP contribution in [0.1, 0.15) is 30.5 Å². The molecule has 0 fully saturated rings. The zero-order chi connectivity index (χ0) is 14.5. The first-order valence-corrected chi connectivity index (χ1v) is 7.04. The van der Waals surface area contributed by atoms with E-state index >= 15 is 0 Å². The molecule has 0 aliphatic carbocycles. The fourth-order valence-corrected chi connectivity index (χ4v) is 2.58. The first-order valence-electron chi connectivity index (χ1n) is 5.99. The van der Waals surface area contributed by atoms with Gasteiger partial charge in [-0.05, 0) is 24.1 Å². The maximum Gasteiger partial charge on any atom is 0.416 e. The van der Waals surface area contributed by atoms with Gasteiger partial charge in [-0.25, -0.2) is 0 Å². The molecule has 1 rings (SSSR count). The van der Waals surface area contributed by atoms with E-state index < -0.39 is 17.8 Å². The van der Waals surface area contributed by atoms with Crippen LogP contribution in [0.3, 0.4) is 0 Å². The van der Waals surface area contributed by atoms with E-state index in [1.54, 1.807) is 17.8 Å². The number of thioether (sulfide) groups is 1. The minimum Gasteiger partial charge on any atom is -0.396 e. The molecule has 0 aromatic heterocycles. The van der Waals surface area contributed by atoms with Crippen molar-refractivity contribution in [3.63, 3.8) is 0 Å². The summed E-state index contributed by atoms with van der Waals surface area (Å²) >= 11 is 1.55. The molecule has 0 bridgehead atoms. The van der Waals surface area contributed by atoms with Gasteiger partial charge in [0.25, 0.3) is 0 Å². The van der Waals surface area contributed by atoms with Crippen molar-refractivity contribution in [2.75, 3.05) is 12.4 Å². The van der Waals surface area contributed by atoms with Crippen LogP contribution in [0.15, 0.2) is 24.3 Å². The predicted octanol–water partition coefficient (Wildman–Crippen LogP) is 3.21. The van der Waals surface area contributed by atoms with Gasteiger partial charge in [-0.1, -0.05) is 19.1 Å². The highest BCUT2D eigenvalue weighted by Gasteiger charge is 2.30. The Bertz CT molecular complexity index is 398. The molecule has 2 unspecified atom stereocenters. The lowest BCUT2D eigenvalue weighted by molar-refractivity contribution is -0.137. The van der Waals surface area contributed by atoms with E-state index in [1.165, 1.54) is 6.07 Å². The third-order valence-corrected chi connectivity index (χ3v) is 4.09. The quantitative estimate of drug-likeness (QED) is 0.846. The van der Waals surface area contributed by atoms with E-state index in [1.807, 2.05) is 6.92 Å². The lowest BCUT2D eigenvalue weighted by atomic mass is 10.1. The molecular weight excluding hydrogens is 275 g/mol. The second-order valence-electron chi connectivity index (χ2n) is 4.39. The highest BCUT2D eigenvalue weighted by Crippen LogP contribution is 2.31. The standard InChI is InChI=1S/C13H18F3NOS/c1-9(5-6-18)19-8-12(17)10-3-2-4-11(7-10)13(14,15)16/h2-4,7,9,12,18H,5-6,8,17H2,1H3. The van der Waals surface area contributed by atoms with Gasteiger partial charge in [0.2, 0.25) is 0 Å². The van der Waals surface area contributed by atoms with Crippen LogP contribution in [0.25, 0.3) is 0 Å². The molecule has 1 aromatic carbocycles. The van der Waals surface area contributed by atoms with Gasteiger partial charge >= 0.3 is 6.18 Å². The summed E-state index contributed by atoms with van der Waals surface area (Å²) in [6.45, 7) is 2.06. The van der Waals surface area contributed by atoms with Gasteiger partial charge in [0.1, 0.15) is 0 Å². The third kappa shape index (κ3) is 5.42. The SMILES string of the molecule is CC(CCO)SCC(N)c1cccc(C(F)(F)F)c1. The Labute approximate surface area is 115 Å². The lowest BCUT2D eigenvalue weighted by Gasteiger charge is -2.16. The van der Waals surface area contributed by atoms with Crippen LogP contribution in [0.4, 0.5) is 13.2 Å². The molecular formula is C13H18F3NOS. The monoisotopic (exact) mass is 293 g/mol. The Morgan fingerprint density at radius 2 is 2.05 bits per heavy atom. The van der Waals surface area contributed by atoms with Gasteiger partial charge < -0.3 is 10.8 Å². The van der Waals surface area contributed by atoms with Crippen molar-refractivity contribution in [3.8, 4) is 0 Å². The maximum atomic E-state index is 12.6. The Morgan fingerprint density at radius 3 is 2.63 bits per heavy atom. The van der Waals surface area contributed by atoms with Gasteiger partial charge in [0.15, 0.2) is 0 Å². The van der Waals surface area contributed by atoms with E-state index in [4.69, 9.17) is 10.8 Å². The minimum atomic E-state index is -4.34. The number of nitrogens with two attached hydrogens (primary N) is 1. The van der Waals surface area contributed by atoms with Crippen LogP contribution in [0.2, 0.25) is 0 Å². The van der Waals surface area contributed by atoms with E-state index in [0.29, 0.717) is 17.7 Å². The van der Waals surface area contributed by atoms with Crippen molar-refractivity contribution < 1.29 is 18.3 Å². The fraction of sp³-hybridized carbons (Fsp3) is 0.538. The molecule has 2 atom stereocenters. The van der Waals surface area contributed by atoms with Crippen LogP contribution in [-0.2, 0) is 6.18 Å². The van der Waals surface area contributed by atoms with Crippen molar-refractivity contribution in [1.29, 1.82) is 0 Å². The summed E-state index contributed by atoms with van der Waals surface area (Å²) in [5.41, 5.74) is 5.71. The zero-order valence-electron chi connectivity index (χ0n) is 10.7. The van der Waals surface area contributed by atoms with Gasteiger partial charge in [-0.15, -0.1) is 0 Å². The summed E-state index contributed by atoms with van der Waals surface area (Å²) in [5.74, 6) is 0.530. The Morgan fingerprint density at radius 1 is 1.37 bits per heavy atom. The van der Waals surface area contributed by atoms with Gasteiger partial charge in [-0.2, -0.15) is 24.9 Å². The van der Waals surface area contributed by atoms with Crippen molar-refractivity contribution in [2.24, 2.45) is 5.73 Å². The summed E-state index contributed by atoms with van der Waals surface area (Å²) < 4.78 is 37.7. The third-order valence-electron chi connectivity index (χ3n) is 2.74. The average Bonchev–Trinajstić information content (AvgIpc) is 2.35. The Kier molecular flexibility index (Phi) is 6.16. The van der Waals surface area contributed by atoms with Crippen molar-refractivity contribution in [1.82, 2.24) is 0 Å². The van der Waals surface area contributed by atoms with Crippen LogP contribution in [0, 0.1) is 0 Å². The molecule has 0 heterocycles. The smallest absolute Gasteiger partial charge is 0.396 e. The Balaban J connectivity index is 2.64. The topological polar surface area (TPSA) is 46.2 Å². The lowest BCUT2D eigenvalue weighted by Crippen LogP contribution is -2.16. The molecule has 2 nitrogen and oxygen atoms in total. The molecule has 1 aromatic rings. The van der Waals surface area contributed by atoms with Crippen LogP contribution < -0.4 is 5.73 Å². The molecule has 0 amide bonds. The molecule has 6 heteroatoms. The number of benzene rings is 1. The summed E-state index contributed by atoms with van der Waals surface area (Å²) in [4.78, 5) is 0. The molecule has 19 heavy (non-hydrogen) atoms. The minimum absolute atomic E-state index is 0.104. The van der Waals surface area contributed by atoms with Crippen molar-refractivity contribution >= 4 is 11.8 Å². The number of alkyl halides is 3. The normalized spacial score (nSPS) is 15.3. The summed E-state index contributed by atoms with van der Waals surface area (Å²) in [6, 6.07) is 4.69. The largest absolute Gasteiger partial charge is 0.416 e. The molecule has 0 spiro atoms. The van der Waals surface area contributed by atoms with Gasteiger partial charge in [0, 0.05) is 23.7 Å². The second kappa shape index (κ2) is 7.17. The number of aliphatic hydroxyl groups excluding tert-OH is 1. The molecule has 0 saturated carbocycles. The summed E-state index contributed by atoms with van der Waals surface area (Å²) in [5, 5.41) is 9.01. The number of halogens is 3. The highest BCUT2D eigenvalue weighted by molar-refractivity contribution is 7.99. The van der Waals surface area contributed by atoms with E-state index in [9.17, 15) is 13.2 Å². The molecule has 0 aliphatic heterocycles. The predicted molar refractivity (Wildman–Crippen MR) is 72.0 cm³/mol. The maximum absolute atomic E-state index is 12.6. The molecule has 108 valence electrons. The van der Waals surface area contributed by atoms with Crippen molar-refractivity contribution in [2.45, 2.75) is 30.8 Å². The molecule has 0 saturated heterocycles. The molecule has 0 radical (unpaired) electrons. The first-order chi connectivity index (χ1) is 8.84. The number of aliphatic hydroxyl groups is 1. The van der Waals surface area contributed by atoms with Crippen molar-refractivity contribution in [3.05, 3.63) is 35.4 Å².